The van der Waals surface area contributed by atoms with Crippen LogP contribution in [0.1, 0.15) is 0 Å². The van der Waals surface area contributed by atoms with Crippen molar-refractivity contribution < 1.29 is 24.2 Å². The van der Waals surface area contributed by atoms with Crippen molar-refractivity contribution in [2.45, 2.75) is 0 Å². The molecule has 5 nitrogen and oxygen atoms in total. The molecular formula is C8H8O5. The lowest BCUT2D eigenvalue weighted by molar-refractivity contribution is -0.134. The first-order valence-electron chi connectivity index (χ1n) is 3.24. The van der Waals surface area contributed by atoms with Crippen LogP contribution < -0.4 is 0 Å². The molecule has 1 heterocycles. The summed E-state index contributed by atoms with van der Waals surface area (Å²) in [5, 5.41) is 15.6. The van der Waals surface area contributed by atoms with Gasteiger partial charge in [-0.15, -0.1) is 0 Å². The van der Waals surface area contributed by atoms with Gasteiger partial charge in [-0.2, -0.15) is 0 Å². The van der Waals surface area contributed by atoms with Gasteiger partial charge >= 0.3 is 11.9 Å². The van der Waals surface area contributed by atoms with E-state index in [1.54, 1.807) is 12.5 Å². The second-order valence-corrected chi connectivity index (χ2v) is 1.80. The van der Waals surface area contributed by atoms with Gasteiger partial charge in [-0.25, -0.2) is 9.59 Å². The maximum absolute atomic E-state index is 9.55. The molecule has 2 N–H and O–H groups in total. The zero-order valence-corrected chi connectivity index (χ0v) is 6.58. The third-order valence-corrected chi connectivity index (χ3v) is 0.794. The SMILES string of the molecule is O=C(O)/C=C\C(=O)O.c1ccoc1. The lowest BCUT2D eigenvalue weighted by Crippen LogP contribution is -1.91. The molecule has 1 aromatic rings. The van der Waals surface area contributed by atoms with Gasteiger partial charge in [0.05, 0.1) is 12.5 Å². The first kappa shape index (κ1) is 11.0. The molecule has 70 valence electrons. The van der Waals surface area contributed by atoms with Crippen LogP contribution in [0.3, 0.4) is 0 Å². The second-order valence-electron chi connectivity index (χ2n) is 1.80. The first-order chi connectivity index (χ1) is 6.13. The summed E-state index contributed by atoms with van der Waals surface area (Å²) < 4.78 is 4.58. The van der Waals surface area contributed by atoms with Gasteiger partial charge in [0.15, 0.2) is 0 Å². The predicted octanol–water partition coefficient (Wildman–Crippen LogP) is 0.991. The van der Waals surface area contributed by atoms with Gasteiger partial charge in [0, 0.05) is 12.2 Å². The first-order valence-corrected chi connectivity index (χ1v) is 3.24. The van der Waals surface area contributed by atoms with E-state index in [-0.39, 0.29) is 0 Å². The summed E-state index contributed by atoms with van der Waals surface area (Å²) in [6.45, 7) is 0. The molecule has 0 spiro atoms. The molecule has 0 aliphatic rings. The molecule has 0 aliphatic carbocycles. The van der Waals surface area contributed by atoms with E-state index >= 15 is 0 Å². The molecule has 0 radical (unpaired) electrons. The Labute approximate surface area is 73.9 Å². The highest BCUT2D eigenvalue weighted by Crippen LogP contribution is 1.79. The quantitative estimate of drug-likeness (QED) is 0.669. The summed E-state index contributed by atoms with van der Waals surface area (Å²) in [5.41, 5.74) is 0. The van der Waals surface area contributed by atoms with E-state index in [0.29, 0.717) is 12.2 Å². The van der Waals surface area contributed by atoms with E-state index in [9.17, 15) is 9.59 Å². The normalized spacial score (nSPS) is 8.92. The highest BCUT2D eigenvalue weighted by atomic mass is 16.4. The standard InChI is InChI=1S/C4H4O4.C4H4O/c5-3(6)1-2-4(7)8;1-2-4-5-3-1/h1-2H,(H,5,6)(H,7,8);1-4H/b2-1-;. The van der Waals surface area contributed by atoms with Crippen LogP contribution in [-0.2, 0) is 9.59 Å². The van der Waals surface area contributed by atoms with Crippen molar-refractivity contribution in [1.29, 1.82) is 0 Å². The molecule has 0 aliphatic heterocycles. The van der Waals surface area contributed by atoms with E-state index < -0.39 is 11.9 Å². The Morgan fingerprint density at radius 3 is 1.54 bits per heavy atom. The molecule has 0 atom stereocenters. The molecule has 1 rings (SSSR count). The zero-order chi connectivity index (χ0) is 10.1. The van der Waals surface area contributed by atoms with Crippen molar-refractivity contribution in [3.63, 3.8) is 0 Å². The monoisotopic (exact) mass is 184 g/mol. The predicted molar refractivity (Wildman–Crippen MR) is 43.1 cm³/mol. The Hall–Kier alpha value is -2.04. The minimum Gasteiger partial charge on any atom is -0.478 e. The fraction of sp³-hybridized carbons (Fsp3) is 0. The molecular weight excluding hydrogens is 176 g/mol. The molecule has 13 heavy (non-hydrogen) atoms. The summed E-state index contributed by atoms with van der Waals surface area (Å²) in [6, 6.07) is 3.67. The van der Waals surface area contributed by atoms with Crippen LogP contribution in [-0.4, -0.2) is 22.2 Å². The van der Waals surface area contributed by atoms with Gasteiger partial charge in [0.25, 0.3) is 0 Å². The molecule has 0 bridgehead atoms. The number of carboxylic acid groups (broad SMARTS) is 2. The molecule has 0 aromatic carbocycles. The molecule has 0 amide bonds. The van der Waals surface area contributed by atoms with E-state index in [0.717, 1.165) is 0 Å². The fourth-order valence-corrected chi connectivity index (χ4v) is 0.369. The number of furan rings is 1. The van der Waals surface area contributed by atoms with Crippen LogP contribution in [0.2, 0.25) is 0 Å². The molecule has 0 saturated carbocycles. The van der Waals surface area contributed by atoms with E-state index in [2.05, 4.69) is 4.42 Å². The average Bonchev–Trinajstić information content (AvgIpc) is 2.57. The summed E-state index contributed by atoms with van der Waals surface area (Å²) in [4.78, 5) is 19.1. The summed E-state index contributed by atoms with van der Waals surface area (Å²) in [7, 11) is 0. The maximum Gasteiger partial charge on any atom is 0.328 e. The van der Waals surface area contributed by atoms with Gasteiger partial charge < -0.3 is 14.6 Å². The Kier molecular flexibility index (Phi) is 5.61. The third kappa shape index (κ3) is 9.96. The molecule has 1 aromatic heterocycles. The average molecular weight is 184 g/mol. The topological polar surface area (TPSA) is 87.7 Å². The summed E-state index contributed by atoms with van der Waals surface area (Å²) in [6.07, 6.45) is 4.37. The van der Waals surface area contributed by atoms with Gasteiger partial charge in [-0.05, 0) is 12.1 Å². The number of carbonyl (C=O) groups is 2. The number of hydrogen-bond acceptors (Lipinski definition) is 3. The van der Waals surface area contributed by atoms with Gasteiger partial charge in [-0.3, -0.25) is 0 Å². The van der Waals surface area contributed by atoms with Crippen LogP contribution in [0.15, 0.2) is 41.2 Å². The lowest BCUT2D eigenvalue weighted by Gasteiger charge is -1.74. The van der Waals surface area contributed by atoms with Crippen LogP contribution in [0, 0.1) is 0 Å². The lowest BCUT2D eigenvalue weighted by atomic mass is 10.5. The van der Waals surface area contributed by atoms with Crippen molar-refractivity contribution in [2.24, 2.45) is 0 Å². The van der Waals surface area contributed by atoms with Crippen molar-refractivity contribution in [3.8, 4) is 0 Å². The van der Waals surface area contributed by atoms with Gasteiger partial charge in [-0.1, -0.05) is 0 Å². The van der Waals surface area contributed by atoms with Crippen LogP contribution in [0.5, 0.6) is 0 Å². The summed E-state index contributed by atoms with van der Waals surface area (Å²) >= 11 is 0. The van der Waals surface area contributed by atoms with Crippen molar-refractivity contribution in [1.82, 2.24) is 0 Å². The minimum absolute atomic E-state index is 0.558. The zero-order valence-electron chi connectivity index (χ0n) is 6.58. The van der Waals surface area contributed by atoms with Crippen molar-refractivity contribution >= 4 is 11.9 Å². The maximum atomic E-state index is 9.55. The highest BCUT2D eigenvalue weighted by Gasteiger charge is 1.88. The van der Waals surface area contributed by atoms with E-state index in [1.165, 1.54) is 0 Å². The van der Waals surface area contributed by atoms with Gasteiger partial charge in [0.2, 0.25) is 0 Å². The molecule has 0 fully saturated rings. The van der Waals surface area contributed by atoms with Crippen LogP contribution in [0.4, 0.5) is 0 Å². The van der Waals surface area contributed by atoms with Crippen molar-refractivity contribution in [2.75, 3.05) is 0 Å². The highest BCUT2D eigenvalue weighted by molar-refractivity contribution is 5.89. The van der Waals surface area contributed by atoms with Crippen LogP contribution >= 0.6 is 0 Å². The molecule has 0 unspecified atom stereocenters. The number of rotatable bonds is 2. The Morgan fingerprint density at radius 1 is 1.00 bits per heavy atom. The van der Waals surface area contributed by atoms with E-state index in [1.807, 2.05) is 12.1 Å². The fourth-order valence-electron chi connectivity index (χ4n) is 0.369. The number of hydrogen-bond donors (Lipinski definition) is 2. The number of carboxylic acids is 2. The number of aliphatic carboxylic acids is 2. The Bertz CT molecular complexity index is 240. The third-order valence-electron chi connectivity index (χ3n) is 0.794. The van der Waals surface area contributed by atoms with Gasteiger partial charge in [0.1, 0.15) is 0 Å². The second kappa shape index (κ2) is 6.66. The smallest absolute Gasteiger partial charge is 0.328 e. The largest absolute Gasteiger partial charge is 0.478 e. The molecule has 5 heteroatoms. The molecule has 0 saturated heterocycles. The van der Waals surface area contributed by atoms with Crippen molar-refractivity contribution in [3.05, 3.63) is 36.8 Å². The van der Waals surface area contributed by atoms with Crippen LogP contribution in [0.25, 0.3) is 0 Å². The summed E-state index contributed by atoms with van der Waals surface area (Å²) in [5.74, 6) is -2.51. The Balaban J connectivity index is 0.000000243. The van der Waals surface area contributed by atoms with E-state index in [4.69, 9.17) is 10.2 Å². The minimum atomic E-state index is -1.26. The Morgan fingerprint density at radius 2 is 1.38 bits per heavy atom.